The highest BCUT2D eigenvalue weighted by atomic mass is 16.5. The van der Waals surface area contributed by atoms with E-state index in [1.807, 2.05) is 54.9 Å². The van der Waals surface area contributed by atoms with Crippen molar-refractivity contribution in [2.24, 2.45) is 4.99 Å². The van der Waals surface area contributed by atoms with Gasteiger partial charge in [-0.05, 0) is 45.0 Å². The van der Waals surface area contributed by atoms with Crippen LogP contribution in [0.15, 0.2) is 53.5 Å². The third-order valence-corrected chi connectivity index (χ3v) is 4.82. The van der Waals surface area contributed by atoms with Crippen LogP contribution in [0.2, 0.25) is 0 Å². The molecule has 1 heterocycles. The van der Waals surface area contributed by atoms with E-state index in [0.717, 1.165) is 28.3 Å². The highest BCUT2D eigenvalue weighted by Gasteiger charge is 2.13. The Morgan fingerprint density at radius 3 is 2.53 bits per heavy atom. The molecule has 2 aromatic carbocycles. The summed E-state index contributed by atoms with van der Waals surface area (Å²) in [6.45, 7) is 7.23. The first-order chi connectivity index (χ1) is 14.6. The van der Waals surface area contributed by atoms with Gasteiger partial charge in [0.05, 0.1) is 25.1 Å². The number of nitrogens with zero attached hydrogens (tertiary/aromatic N) is 3. The van der Waals surface area contributed by atoms with Crippen molar-refractivity contribution in [1.29, 1.82) is 0 Å². The summed E-state index contributed by atoms with van der Waals surface area (Å²) in [5, 5.41) is 11.4. The fraction of sp³-hybridized carbons (Fsp3) is 0.304. The molecule has 0 bridgehead atoms. The quantitative estimate of drug-likeness (QED) is 0.456. The first-order valence-electron chi connectivity index (χ1n) is 9.96. The Bertz CT molecular complexity index is 1010. The van der Waals surface area contributed by atoms with Gasteiger partial charge in [-0.1, -0.05) is 18.2 Å². The summed E-state index contributed by atoms with van der Waals surface area (Å²) in [5.74, 6) is 2.05. The maximum Gasteiger partial charge on any atom is 0.195 e. The zero-order chi connectivity index (χ0) is 21.5. The number of anilines is 1. The van der Waals surface area contributed by atoms with Gasteiger partial charge in [-0.15, -0.1) is 0 Å². The molecule has 1 aromatic heterocycles. The van der Waals surface area contributed by atoms with Crippen molar-refractivity contribution in [3.05, 3.63) is 65.5 Å². The molecular weight excluding hydrogens is 378 g/mol. The van der Waals surface area contributed by atoms with Gasteiger partial charge in [0.25, 0.3) is 0 Å². The summed E-state index contributed by atoms with van der Waals surface area (Å²) in [6.07, 6.45) is 0. The van der Waals surface area contributed by atoms with Crippen LogP contribution in [0.1, 0.15) is 23.9 Å². The molecule has 2 N–H and O–H groups in total. The van der Waals surface area contributed by atoms with Gasteiger partial charge in [-0.25, -0.2) is 4.68 Å². The van der Waals surface area contributed by atoms with E-state index in [4.69, 9.17) is 14.6 Å². The fourth-order valence-corrected chi connectivity index (χ4v) is 3.26. The van der Waals surface area contributed by atoms with Gasteiger partial charge in [-0.3, -0.25) is 4.99 Å². The summed E-state index contributed by atoms with van der Waals surface area (Å²) < 4.78 is 13.0. The van der Waals surface area contributed by atoms with Crippen LogP contribution in [0.3, 0.4) is 0 Å². The van der Waals surface area contributed by atoms with Crippen molar-refractivity contribution in [3.8, 4) is 17.2 Å². The van der Waals surface area contributed by atoms with E-state index in [0.29, 0.717) is 30.6 Å². The number of hydrogen-bond donors (Lipinski definition) is 2. The third-order valence-electron chi connectivity index (χ3n) is 4.82. The Kier molecular flexibility index (Phi) is 6.95. The fourth-order valence-electron chi connectivity index (χ4n) is 3.26. The van der Waals surface area contributed by atoms with Crippen LogP contribution in [0, 0.1) is 13.8 Å². The molecule has 0 unspecified atom stereocenters. The minimum Gasteiger partial charge on any atom is -0.493 e. The largest absolute Gasteiger partial charge is 0.493 e. The van der Waals surface area contributed by atoms with E-state index < -0.39 is 0 Å². The highest BCUT2D eigenvalue weighted by Crippen LogP contribution is 2.30. The van der Waals surface area contributed by atoms with Crippen molar-refractivity contribution in [3.63, 3.8) is 0 Å². The number of para-hydroxylation sites is 1. The molecule has 0 amide bonds. The third kappa shape index (κ3) is 4.74. The van der Waals surface area contributed by atoms with Gasteiger partial charge in [-0.2, -0.15) is 5.10 Å². The second kappa shape index (κ2) is 9.82. The molecular formula is C23H29N5O2. The topological polar surface area (TPSA) is 72.7 Å². The number of nitrogens with one attached hydrogen (secondary N) is 2. The molecule has 3 aromatic rings. The number of benzene rings is 2. The van der Waals surface area contributed by atoms with E-state index in [2.05, 4.69) is 34.7 Å². The summed E-state index contributed by atoms with van der Waals surface area (Å²) in [6, 6.07) is 15.8. The summed E-state index contributed by atoms with van der Waals surface area (Å²) in [5.41, 5.74) is 5.15. The maximum atomic E-state index is 5.65. The van der Waals surface area contributed by atoms with Gasteiger partial charge in [0.1, 0.15) is 0 Å². The van der Waals surface area contributed by atoms with E-state index in [9.17, 15) is 0 Å². The van der Waals surface area contributed by atoms with Crippen LogP contribution in [0.25, 0.3) is 5.69 Å². The number of aryl methyl sites for hydroxylation is 1. The van der Waals surface area contributed by atoms with Gasteiger partial charge in [0.15, 0.2) is 17.5 Å². The number of ether oxygens (including phenoxy) is 2. The Balaban J connectivity index is 1.72. The van der Waals surface area contributed by atoms with Crippen molar-refractivity contribution in [1.82, 2.24) is 15.1 Å². The number of guanidine groups is 1. The van der Waals surface area contributed by atoms with Crippen LogP contribution in [-0.2, 0) is 6.54 Å². The van der Waals surface area contributed by atoms with E-state index in [1.165, 1.54) is 0 Å². The average molecular weight is 408 g/mol. The normalized spacial score (nSPS) is 11.3. The molecule has 0 aliphatic heterocycles. The molecule has 0 saturated carbocycles. The molecule has 7 nitrogen and oxygen atoms in total. The zero-order valence-corrected chi connectivity index (χ0v) is 18.2. The summed E-state index contributed by atoms with van der Waals surface area (Å²) in [7, 11) is 3.38. The summed E-state index contributed by atoms with van der Waals surface area (Å²) >= 11 is 0. The molecule has 0 fully saturated rings. The molecule has 0 aliphatic carbocycles. The Morgan fingerprint density at radius 1 is 1.10 bits per heavy atom. The lowest BCUT2D eigenvalue weighted by molar-refractivity contribution is 0.311. The van der Waals surface area contributed by atoms with Crippen molar-refractivity contribution in [2.45, 2.75) is 27.3 Å². The predicted octanol–water partition coefficient (Wildman–Crippen LogP) is 4.08. The minimum atomic E-state index is 0.566. The molecule has 0 radical (unpaired) electrons. The number of methoxy groups -OCH3 is 1. The Labute approximate surface area is 177 Å². The number of hydrogen-bond acceptors (Lipinski definition) is 4. The lowest BCUT2D eigenvalue weighted by atomic mass is 10.2. The van der Waals surface area contributed by atoms with Crippen LogP contribution >= 0.6 is 0 Å². The Hall–Kier alpha value is -3.48. The molecule has 0 aliphatic rings. The van der Waals surface area contributed by atoms with Crippen LogP contribution < -0.4 is 20.1 Å². The first-order valence-corrected chi connectivity index (χ1v) is 9.96. The molecule has 3 rings (SSSR count). The Morgan fingerprint density at radius 2 is 1.87 bits per heavy atom. The molecule has 0 atom stereocenters. The molecule has 7 heteroatoms. The van der Waals surface area contributed by atoms with Crippen LogP contribution in [0.4, 0.5) is 5.69 Å². The van der Waals surface area contributed by atoms with Crippen LogP contribution in [0.5, 0.6) is 11.5 Å². The smallest absolute Gasteiger partial charge is 0.195 e. The van der Waals surface area contributed by atoms with Gasteiger partial charge < -0.3 is 20.1 Å². The maximum absolute atomic E-state index is 5.65. The molecule has 30 heavy (non-hydrogen) atoms. The van der Waals surface area contributed by atoms with E-state index >= 15 is 0 Å². The summed E-state index contributed by atoms with van der Waals surface area (Å²) in [4.78, 5) is 4.34. The minimum absolute atomic E-state index is 0.566. The van der Waals surface area contributed by atoms with Crippen LogP contribution in [-0.4, -0.2) is 36.5 Å². The SMILES string of the molecule is CCOc1cc(NC(=NC)NCc2c(C)nn(-c3ccccc3)c2C)ccc1OC. The number of aromatic nitrogens is 2. The monoisotopic (exact) mass is 407 g/mol. The number of aliphatic imine (C=N–C) groups is 1. The molecule has 158 valence electrons. The standard InChI is InChI=1S/C23H29N5O2/c1-6-30-22-14-18(12-13-21(22)29-5)26-23(24-4)25-15-20-16(2)27-28(17(20)3)19-10-8-7-9-11-19/h7-14H,6,15H2,1-5H3,(H2,24,25,26). The van der Waals surface area contributed by atoms with Gasteiger partial charge >= 0.3 is 0 Å². The average Bonchev–Trinajstić information content (AvgIpc) is 3.05. The highest BCUT2D eigenvalue weighted by molar-refractivity contribution is 5.93. The van der Waals surface area contributed by atoms with E-state index in [1.54, 1.807) is 14.2 Å². The van der Waals surface area contributed by atoms with Crippen molar-refractivity contribution < 1.29 is 9.47 Å². The molecule has 0 spiro atoms. The predicted molar refractivity (Wildman–Crippen MR) is 121 cm³/mol. The zero-order valence-electron chi connectivity index (χ0n) is 18.2. The second-order valence-electron chi connectivity index (χ2n) is 6.75. The van der Waals surface area contributed by atoms with Crippen molar-refractivity contribution >= 4 is 11.6 Å². The lowest BCUT2D eigenvalue weighted by Crippen LogP contribution is -2.30. The van der Waals surface area contributed by atoms with Crippen molar-refractivity contribution in [2.75, 3.05) is 26.1 Å². The lowest BCUT2D eigenvalue weighted by Gasteiger charge is -2.15. The second-order valence-corrected chi connectivity index (χ2v) is 6.75. The molecule has 0 saturated heterocycles. The van der Waals surface area contributed by atoms with E-state index in [-0.39, 0.29) is 0 Å². The van der Waals surface area contributed by atoms with Gasteiger partial charge in [0.2, 0.25) is 0 Å². The number of rotatable bonds is 7. The first kappa shape index (κ1) is 21.2. The van der Waals surface area contributed by atoms with Gasteiger partial charge in [0, 0.05) is 36.6 Å².